The first-order valence-electron chi connectivity index (χ1n) is 7.87. The maximum absolute atomic E-state index is 12.1. The third-order valence-corrected chi connectivity index (χ3v) is 4.31. The predicted molar refractivity (Wildman–Crippen MR) is 85.3 cm³/mol. The molecule has 1 amide bonds. The van der Waals surface area contributed by atoms with Crippen molar-refractivity contribution in [3.05, 3.63) is 29.8 Å². The number of nitrogens with one attached hydrogen (secondary N) is 1. The van der Waals surface area contributed by atoms with E-state index in [0.29, 0.717) is 12.3 Å². The number of carbonyl (C=O) groups is 1. The molecule has 1 heterocycles. The van der Waals surface area contributed by atoms with Gasteiger partial charge in [0.2, 0.25) is 5.91 Å². The minimum atomic E-state index is 0.0861. The molecule has 0 aliphatic carbocycles. The fourth-order valence-corrected chi connectivity index (χ4v) is 3.07. The Morgan fingerprint density at radius 2 is 2.14 bits per heavy atom. The van der Waals surface area contributed by atoms with E-state index in [1.54, 1.807) is 4.90 Å². The monoisotopic (exact) mass is 290 g/mol. The average molecular weight is 290 g/mol. The van der Waals surface area contributed by atoms with Gasteiger partial charge < -0.3 is 15.3 Å². The third kappa shape index (κ3) is 3.83. The van der Waals surface area contributed by atoms with E-state index >= 15 is 0 Å². The van der Waals surface area contributed by atoms with E-state index in [-0.39, 0.29) is 18.6 Å². The van der Waals surface area contributed by atoms with Crippen molar-refractivity contribution in [2.45, 2.75) is 38.6 Å². The van der Waals surface area contributed by atoms with Gasteiger partial charge in [0.05, 0.1) is 0 Å². The van der Waals surface area contributed by atoms with Crippen molar-refractivity contribution < 1.29 is 9.90 Å². The zero-order chi connectivity index (χ0) is 15.2. The Hall–Kier alpha value is -1.39. The Labute approximate surface area is 127 Å². The van der Waals surface area contributed by atoms with E-state index in [4.69, 9.17) is 5.11 Å². The zero-order valence-corrected chi connectivity index (χ0v) is 13.0. The number of amides is 1. The minimum absolute atomic E-state index is 0.0861. The van der Waals surface area contributed by atoms with E-state index in [1.165, 1.54) is 5.56 Å². The standard InChI is InChI=1S/C17H26N2O2/c1-3-6-13(9-10-20)12-18-15-11-17(21)19(2)16-8-5-4-7-14(15)16/h4-5,7-8,13,15,18,20H,3,6,9-12H2,1-2H3. The van der Waals surface area contributed by atoms with Crippen molar-refractivity contribution in [3.8, 4) is 0 Å². The highest BCUT2D eigenvalue weighted by Crippen LogP contribution is 2.33. The SMILES string of the molecule is CCCC(CCO)CNC1CC(=O)N(C)c2ccccc21. The van der Waals surface area contributed by atoms with E-state index in [0.717, 1.165) is 31.5 Å². The van der Waals surface area contributed by atoms with Crippen molar-refractivity contribution in [1.82, 2.24) is 5.32 Å². The molecule has 0 bridgehead atoms. The summed E-state index contributed by atoms with van der Waals surface area (Å²) >= 11 is 0. The van der Waals surface area contributed by atoms with Crippen LogP contribution in [0.2, 0.25) is 0 Å². The van der Waals surface area contributed by atoms with E-state index in [9.17, 15) is 4.79 Å². The summed E-state index contributed by atoms with van der Waals surface area (Å²) in [4.78, 5) is 13.9. The van der Waals surface area contributed by atoms with E-state index in [2.05, 4.69) is 18.3 Å². The van der Waals surface area contributed by atoms with Gasteiger partial charge >= 0.3 is 0 Å². The van der Waals surface area contributed by atoms with Gasteiger partial charge in [0.15, 0.2) is 0 Å². The van der Waals surface area contributed by atoms with Gasteiger partial charge in [-0.3, -0.25) is 4.79 Å². The molecule has 2 atom stereocenters. The number of carbonyl (C=O) groups excluding carboxylic acids is 1. The molecule has 4 nitrogen and oxygen atoms in total. The molecule has 0 aromatic heterocycles. The van der Waals surface area contributed by atoms with Gasteiger partial charge in [-0.05, 0) is 36.9 Å². The number of anilines is 1. The summed E-state index contributed by atoms with van der Waals surface area (Å²) in [5.74, 6) is 0.627. The number of rotatable bonds is 7. The molecule has 2 N–H and O–H groups in total. The molecule has 21 heavy (non-hydrogen) atoms. The Morgan fingerprint density at radius 3 is 2.86 bits per heavy atom. The number of hydrogen-bond acceptors (Lipinski definition) is 3. The Morgan fingerprint density at radius 1 is 1.38 bits per heavy atom. The lowest BCUT2D eigenvalue weighted by Gasteiger charge is -2.33. The van der Waals surface area contributed by atoms with Crippen LogP contribution < -0.4 is 10.2 Å². The molecule has 0 saturated carbocycles. The molecule has 1 aliphatic rings. The van der Waals surface area contributed by atoms with Gasteiger partial charge in [-0.2, -0.15) is 0 Å². The highest BCUT2D eigenvalue weighted by atomic mass is 16.3. The van der Waals surface area contributed by atoms with Crippen LogP contribution in [0, 0.1) is 5.92 Å². The highest BCUT2D eigenvalue weighted by Gasteiger charge is 2.28. The molecule has 0 saturated heterocycles. The molecule has 116 valence electrons. The number of fused-ring (bicyclic) bond motifs is 1. The number of nitrogens with zero attached hydrogens (tertiary/aromatic N) is 1. The van der Waals surface area contributed by atoms with Crippen LogP contribution in [-0.4, -0.2) is 31.2 Å². The second-order valence-electron chi connectivity index (χ2n) is 5.84. The summed E-state index contributed by atoms with van der Waals surface area (Å²) < 4.78 is 0. The van der Waals surface area contributed by atoms with Crippen LogP contribution in [0.5, 0.6) is 0 Å². The molecular formula is C17H26N2O2. The maximum Gasteiger partial charge on any atom is 0.228 e. The summed E-state index contributed by atoms with van der Waals surface area (Å²) in [5, 5.41) is 12.7. The molecule has 0 fully saturated rings. The van der Waals surface area contributed by atoms with Gasteiger partial charge in [-0.25, -0.2) is 0 Å². The topological polar surface area (TPSA) is 52.6 Å². The van der Waals surface area contributed by atoms with Gasteiger partial charge in [0, 0.05) is 31.8 Å². The lowest BCUT2D eigenvalue weighted by molar-refractivity contribution is -0.119. The Kier molecular flexibility index (Phi) is 5.76. The third-order valence-electron chi connectivity index (χ3n) is 4.31. The quantitative estimate of drug-likeness (QED) is 0.811. The van der Waals surface area contributed by atoms with Gasteiger partial charge in [-0.15, -0.1) is 0 Å². The number of para-hydroxylation sites is 1. The van der Waals surface area contributed by atoms with Crippen LogP contribution >= 0.6 is 0 Å². The molecule has 1 aromatic carbocycles. The number of hydrogen-bond donors (Lipinski definition) is 2. The molecule has 2 unspecified atom stereocenters. The average Bonchev–Trinajstić information content (AvgIpc) is 2.50. The zero-order valence-electron chi connectivity index (χ0n) is 13.0. The normalized spacial score (nSPS) is 19.5. The summed E-state index contributed by atoms with van der Waals surface area (Å²) in [6, 6.07) is 8.17. The minimum Gasteiger partial charge on any atom is -0.396 e. The van der Waals surface area contributed by atoms with Crippen LogP contribution in [0.4, 0.5) is 5.69 Å². The first-order valence-corrected chi connectivity index (χ1v) is 7.87. The number of benzene rings is 1. The van der Waals surface area contributed by atoms with E-state index in [1.807, 2.05) is 25.2 Å². The summed E-state index contributed by atoms with van der Waals surface area (Å²) in [7, 11) is 1.84. The first kappa shape index (κ1) is 16.0. The molecule has 1 aliphatic heterocycles. The maximum atomic E-state index is 12.1. The number of aliphatic hydroxyl groups is 1. The van der Waals surface area contributed by atoms with Crippen LogP contribution in [-0.2, 0) is 4.79 Å². The molecular weight excluding hydrogens is 264 g/mol. The predicted octanol–water partition coefficient (Wildman–Crippen LogP) is 2.48. The van der Waals surface area contributed by atoms with Crippen LogP contribution in [0.3, 0.4) is 0 Å². The molecule has 0 spiro atoms. The summed E-state index contributed by atoms with van der Waals surface area (Å²) in [6.07, 6.45) is 3.56. The highest BCUT2D eigenvalue weighted by molar-refractivity contribution is 5.96. The fourth-order valence-electron chi connectivity index (χ4n) is 3.07. The lowest BCUT2D eigenvalue weighted by atomic mass is 9.94. The van der Waals surface area contributed by atoms with Crippen LogP contribution in [0.15, 0.2) is 24.3 Å². The summed E-state index contributed by atoms with van der Waals surface area (Å²) in [6.45, 7) is 3.25. The van der Waals surface area contributed by atoms with Crippen molar-refractivity contribution in [1.29, 1.82) is 0 Å². The smallest absolute Gasteiger partial charge is 0.228 e. The van der Waals surface area contributed by atoms with Crippen molar-refractivity contribution in [3.63, 3.8) is 0 Å². The molecule has 1 aromatic rings. The molecule has 4 heteroatoms. The number of aliphatic hydroxyl groups excluding tert-OH is 1. The Balaban J connectivity index is 2.06. The van der Waals surface area contributed by atoms with Crippen molar-refractivity contribution >= 4 is 11.6 Å². The fraction of sp³-hybridized carbons (Fsp3) is 0.588. The van der Waals surface area contributed by atoms with E-state index < -0.39 is 0 Å². The molecule has 0 radical (unpaired) electrons. The second kappa shape index (κ2) is 7.57. The largest absolute Gasteiger partial charge is 0.396 e. The first-order chi connectivity index (χ1) is 10.2. The van der Waals surface area contributed by atoms with Gasteiger partial charge in [0.25, 0.3) is 0 Å². The van der Waals surface area contributed by atoms with Crippen molar-refractivity contribution in [2.75, 3.05) is 25.1 Å². The van der Waals surface area contributed by atoms with Crippen LogP contribution in [0.25, 0.3) is 0 Å². The Bertz CT molecular complexity index is 470. The van der Waals surface area contributed by atoms with Crippen LogP contribution in [0.1, 0.15) is 44.2 Å². The lowest BCUT2D eigenvalue weighted by Crippen LogP contribution is -2.39. The molecule has 2 rings (SSSR count). The van der Waals surface area contributed by atoms with Crippen molar-refractivity contribution in [2.24, 2.45) is 5.92 Å². The second-order valence-corrected chi connectivity index (χ2v) is 5.84. The summed E-state index contributed by atoms with van der Waals surface area (Å²) in [5.41, 5.74) is 2.19. The van der Waals surface area contributed by atoms with Gasteiger partial charge in [0.1, 0.15) is 0 Å². The van der Waals surface area contributed by atoms with Gasteiger partial charge in [-0.1, -0.05) is 31.5 Å².